The third kappa shape index (κ3) is 3.46. The van der Waals surface area contributed by atoms with Gasteiger partial charge in [-0.05, 0) is 25.0 Å². The van der Waals surface area contributed by atoms with Crippen molar-refractivity contribution in [2.75, 3.05) is 20.1 Å². The molecule has 2 aromatic rings. The average Bonchev–Trinajstić information content (AvgIpc) is 3.34. The van der Waals surface area contributed by atoms with E-state index in [2.05, 4.69) is 18.2 Å². The van der Waals surface area contributed by atoms with E-state index in [1.165, 1.54) is 16.0 Å². The zero-order valence-electron chi connectivity index (χ0n) is 15.9. The molecule has 2 aliphatic rings. The summed E-state index contributed by atoms with van der Waals surface area (Å²) in [6.45, 7) is 1.46. The Morgan fingerprint density at radius 3 is 2.85 bits per heavy atom. The number of nitrogens with one attached hydrogen (secondary N) is 1. The number of nitrogens with zero attached hydrogens (tertiary/aromatic N) is 3. The number of hydrogen-bond acceptors (Lipinski definition) is 4. The van der Waals surface area contributed by atoms with E-state index >= 15 is 0 Å². The number of carbonyl (C=O) groups is 1. The standard InChI is InChI=1S/C21H26N4OS/c1-24(21(15-22)11-5-2-6-12-21)19(26)14-25-13-7-9-17(25)20-23-16-8-3-4-10-18(16)27-20/h3-4,8,10,17H,2,5-7,9,11-14H2,1H3/p+1/t17-/m0/s1. The van der Waals surface area contributed by atoms with Gasteiger partial charge >= 0.3 is 0 Å². The molecule has 0 radical (unpaired) electrons. The molecule has 5 nitrogen and oxygen atoms in total. The molecule has 6 heteroatoms. The Balaban J connectivity index is 1.49. The number of quaternary nitrogens is 1. The van der Waals surface area contributed by atoms with Gasteiger partial charge < -0.3 is 9.80 Å². The van der Waals surface area contributed by atoms with Crippen LogP contribution in [0.1, 0.15) is 56.0 Å². The number of aromatic nitrogens is 1. The second-order valence-electron chi connectivity index (χ2n) is 7.96. The molecule has 1 unspecified atom stereocenters. The van der Waals surface area contributed by atoms with Gasteiger partial charge in [0.2, 0.25) is 0 Å². The van der Waals surface area contributed by atoms with E-state index in [1.807, 2.05) is 19.2 Å². The van der Waals surface area contributed by atoms with E-state index in [0.717, 1.165) is 55.6 Å². The van der Waals surface area contributed by atoms with Crippen LogP contribution in [0.4, 0.5) is 0 Å². The molecule has 1 saturated heterocycles. The van der Waals surface area contributed by atoms with Crippen LogP contribution in [-0.4, -0.2) is 41.5 Å². The predicted octanol–water partition coefficient (Wildman–Crippen LogP) is 2.70. The molecule has 0 bridgehead atoms. The minimum absolute atomic E-state index is 0.0986. The van der Waals surface area contributed by atoms with Crippen LogP contribution in [-0.2, 0) is 4.79 Å². The van der Waals surface area contributed by atoms with Crippen molar-refractivity contribution in [1.29, 1.82) is 5.26 Å². The van der Waals surface area contributed by atoms with Gasteiger partial charge in [0.25, 0.3) is 5.91 Å². The fraction of sp³-hybridized carbons (Fsp3) is 0.571. The van der Waals surface area contributed by atoms with Crippen molar-refractivity contribution >= 4 is 27.5 Å². The number of carbonyl (C=O) groups excluding carboxylic acids is 1. The normalized spacial score (nSPS) is 24.6. The third-order valence-corrected chi connectivity index (χ3v) is 7.53. The van der Waals surface area contributed by atoms with Crippen molar-refractivity contribution in [3.63, 3.8) is 0 Å². The summed E-state index contributed by atoms with van der Waals surface area (Å²) in [6, 6.07) is 11.0. The van der Waals surface area contributed by atoms with Crippen LogP contribution in [0.3, 0.4) is 0 Å². The van der Waals surface area contributed by atoms with Gasteiger partial charge in [0.15, 0.2) is 11.6 Å². The lowest BCUT2D eigenvalue weighted by molar-refractivity contribution is -0.910. The Morgan fingerprint density at radius 2 is 2.11 bits per heavy atom. The molecular weight excluding hydrogens is 356 g/mol. The lowest BCUT2D eigenvalue weighted by Crippen LogP contribution is -3.11. The Bertz CT molecular complexity index is 831. The second kappa shape index (κ2) is 7.57. The van der Waals surface area contributed by atoms with E-state index in [1.54, 1.807) is 16.2 Å². The van der Waals surface area contributed by atoms with Gasteiger partial charge in [-0.15, -0.1) is 11.3 Å². The lowest BCUT2D eigenvalue weighted by atomic mass is 9.81. The van der Waals surface area contributed by atoms with Crippen LogP contribution in [0.2, 0.25) is 0 Å². The molecule has 0 spiro atoms. The van der Waals surface area contributed by atoms with Gasteiger partial charge in [0.05, 0.1) is 22.8 Å². The number of likely N-dealkylation sites (tertiary alicyclic amines) is 1. The summed E-state index contributed by atoms with van der Waals surface area (Å²) < 4.78 is 1.22. The summed E-state index contributed by atoms with van der Waals surface area (Å²) in [4.78, 5) is 20.9. The predicted molar refractivity (Wildman–Crippen MR) is 106 cm³/mol. The minimum atomic E-state index is -0.597. The zero-order valence-corrected chi connectivity index (χ0v) is 16.7. The Hall–Kier alpha value is -1.97. The number of fused-ring (bicyclic) bond motifs is 1. The molecule has 1 aliphatic carbocycles. The van der Waals surface area contributed by atoms with Crippen LogP contribution in [0.15, 0.2) is 24.3 Å². The molecule has 1 N–H and O–H groups in total. The molecule has 2 fully saturated rings. The first kappa shape index (κ1) is 18.4. The second-order valence-corrected chi connectivity index (χ2v) is 9.02. The number of benzene rings is 1. The van der Waals surface area contributed by atoms with E-state index in [0.29, 0.717) is 12.6 Å². The van der Waals surface area contributed by atoms with Gasteiger partial charge in [-0.3, -0.25) is 4.79 Å². The molecule has 2 heterocycles. The quantitative estimate of drug-likeness (QED) is 0.883. The number of hydrogen-bond donors (Lipinski definition) is 1. The van der Waals surface area contributed by atoms with Crippen LogP contribution in [0.25, 0.3) is 10.2 Å². The van der Waals surface area contributed by atoms with Crippen molar-refractivity contribution in [1.82, 2.24) is 9.88 Å². The van der Waals surface area contributed by atoms with Crippen molar-refractivity contribution in [3.05, 3.63) is 29.3 Å². The van der Waals surface area contributed by atoms with Crippen LogP contribution >= 0.6 is 11.3 Å². The van der Waals surface area contributed by atoms with Gasteiger partial charge in [-0.25, -0.2) is 4.98 Å². The number of nitriles is 1. The molecule has 1 aromatic carbocycles. The fourth-order valence-corrected chi connectivity index (χ4v) is 5.83. The third-order valence-electron chi connectivity index (χ3n) is 6.38. The highest BCUT2D eigenvalue weighted by molar-refractivity contribution is 7.18. The molecule has 2 atom stereocenters. The fourth-order valence-electron chi connectivity index (χ4n) is 4.67. The summed E-state index contributed by atoms with van der Waals surface area (Å²) in [5, 5.41) is 10.9. The first-order valence-electron chi connectivity index (χ1n) is 10.0. The molecule has 4 rings (SSSR count). The average molecular weight is 384 g/mol. The Morgan fingerprint density at radius 1 is 1.33 bits per heavy atom. The van der Waals surface area contributed by atoms with Gasteiger partial charge in [-0.2, -0.15) is 5.26 Å². The molecule has 1 saturated carbocycles. The van der Waals surface area contributed by atoms with E-state index in [4.69, 9.17) is 4.98 Å². The van der Waals surface area contributed by atoms with Crippen LogP contribution in [0, 0.1) is 11.3 Å². The maximum Gasteiger partial charge on any atom is 0.278 e. The topological polar surface area (TPSA) is 61.4 Å². The smallest absolute Gasteiger partial charge is 0.278 e. The highest BCUT2D eigenvalue weighted by Crippen LogP contribution is 2.32. The van der Waals surface area contributed by atoms with Gasteiger partial charge in [0, 0.05) is 19.9 Å². The number of likely N-dealkylation sites (N-methyl/N-ethyl adjacent to an activating group) is 1. The monoisotopic (exact) mass is 383 g/mol. The van der Waals surface area contributed by atoms with Crippen LogP contribution in [0.5, 0.6) is 0 Å². The first-order chi connectivity index (χ1) is 13.1. The lowest BCUT2D eigenvalue weighted by Gasteiger charge is -2.39. The van der Waals surface area contributed by atoms with Crippen molar-refractivity contribution in [3.8, 4) is 6.07 Å². The van der Waals surface area contributed by atoms with Gasteiger partial charge in [-0.1, -0.05) is 31.4 Å². The number of para-hydroxylation sites is 1. The maximum absolute atomic E-state index is 13.0. The highest BCUT2D eigenvalue weighted by Gasteiger charge is 2.41. The molecule has 27 heavy (non-hydrogen) atoms. The maximum atomic E-state index is 13.0. The largest absolute Gasteiger partial charge is 0.322 e. The van der Waals surface area contributed by atoms with Crippen molar-refractivity contribution in [2.45, 2.75) is 56.5 Å². The summed E-state index contributed by atoms with van der Waals surface area (Å²) in [5.41, 5.74) is 0.456. The SMILES string of the molecule is CN(C(=O)C[NH+]1CCC[C@H]1c1nc2ccccc2s1)C1(C#N)CCCCC1. The van der Waals surface area contributed by atoms with E-state index < -0.39 is 5.54 Å². The Labute approximate surface area is 164 Å². The molecule has 1 aromatic heterocycles. The first-order valence-corrected chi connectivity index (χ1v) is 10.8. The van der Waals surface area contributed by atoms with Gasteiger partial charge in [0.1, 0.15) is 11.6 Å². The van der Waals surface area contributed by atoms with Crippen molar-refractivity contribution < 1.29 is 9.69 Å². The number of amides is 1. The summed E-state index contributed by atoms with van der Waals surface area (Å²) >= 11 is 1.76. The molecular formula is C21H27N4OS+. The molecule has 1 amide bonds. The summed E-state index contributed by atoms with van der Waals surface area (Å²) in [6.07, 6.45) is 7.06. The van der Waals surface area contributed by atoms with Crippen molar-refractivity contribution in [2.24, 2.45) is 0 Å². The highest BCUT2D eigenvalue weighted by atomic mass is 32.1. The zero-order chi connectivity index (χ0) is 18.9. The Kier molecular flexibility index (Phi) is 5.16. The number of thiazole rings is 1. The summed E-state index contributed by atoms with van der Waals surface area (Å²) in [5.74, 6) is 0.0986. The van der Waals surface area contributed by atoms with Crippen LogP contribution < -0.4 is 4.90 Å². The molecule has 1 aliphatic heterocycles. The molecule has 142 valence electrons. The minimum Gasteiger partial charge on any atom is -0.322 e. The van der Waals surface area contributed by atoms with E-state index in [-0.39, 0.29) is 5.91 Å². The number of rotatable bonds is 4. The van der Waals surface area contributed by atoms with E-state index in [9.17, 15) is 10.1 Å². The summed E-state index contributed by atoms with van der Waals surface area (Å²) in [7, 11) is 1.83.